The third-order valence-corrected chi connectivity index (χ3v) is 21.2. The van der Waals surface area contributed by atoms with Crippen LogP contribution in [0.2, 0.25) is 38.3 Å². The summed E-state index contributed by atoms with van der Waals surface area (Å²) < 4.78 is 2.67. The zero-order valence-corrected chi connectivity index (χ0v) is 41.0. The Labute approximate surface area is 361 Å². The minimum atomic E-state index is -1.47. The third kappa shape index (κ3) is 9.50. The van der Waals surface area contributed by atoms with Gasteiger partial charge in [0.2, 0.25) is 0 Å². The smallest absolute Gasteiger partial charge is 0.162 e. The van der Waals surface area contributed by atoms with Crippen molar-refractivity contribution in [3.8, 4) is 22.4 Å². The molecule has 1 N–H and O–H groups in total. The van der Waals surface area contributed by atoms with Gasteiger partial charge in [-0.2, -0.15) is 0 Å². The number of benzene rings is 4. The van der Waals surface area contributed by atoms with E-state index in [9.17, 15) is 9.90 Å². The molecule has 0 amide bonds. The van der Waals surface area contributed by atoms with Gasteiger partial charge in [-0.25, -0.2) is 0 Å². The summed E-state index contributed by atoms with van der Waals surface area (Å²) >= 11 is 1.90. The molecule has 1 radical (unpaired) electrons. The van der Waals surface area contributed by atoms with Gasteiger partial charge in [0.05, 0.1) is 21.9 Å². The zero-order valence-electron chi connectivity index (χ0n) is 35.8. The van der Waals surface area contributed by atoms with Crippen molar-refractivity contribution in [2.45, 2.75) is 112 Å². The molecule has 7 rings (SSSR count). The van der Waals surface area contributed by atoms with Crippen molar-refractivity contribution >= 4 is 74.6 Å². The fourth-order valence-corrected chi connectivity index (χ4v) is 20.3. The van der Waals surface area contributed by atoms with Crippen LogP contribution in [0.25, 0.3) is 53.3 Å². The van der Waals surface area contributed by atoms with Crippen LogP contribution >= 0.6 is 11.3 Å². The predicted octanol–water partition coefficient (Wildman–Crippen LogP) is 13.6. The molecule has 3 nitrogen and oxygen atoms in total. The van der Waals surface area contributed by atoms with Crippen LogP contribution in [0.3, 0.4) is 0 Å². The number of pyridine rings is 1. The molecule has 303 valence electrons. The number of carbonyl (C=O) groups is 1. The van der Waals surface area contributed by atoms with Crippen LogP contribution in [0, 0.1) is 23.8 Å². The molecule has 7 heteroatoms. The van der Waals surface area contributed by atoms with E-state index in [0.29, 0.717) is 5.92 Å². The number of hydrogen-bond donors (Lipinski definition) is 1. The monoisotopic (exact) mass is 989 g/mol. The molecule has 57 heavy (non-hydrogen) atoms. The largest absolute Gasteiger partial charge is 0.512 e. The van der Waals surface area contributed by atoms with E-state index in [1.54, 1.807) is 10.4 Å². The molecule has 1 aliphatic rings. The van der Waals surface area contributed by atoms with Gasteiger partial charge in [-0.15, -0.1) is 34.9 Å². The number of ketones is 1. The van der Waals surface area contributed by atoms with E-state index in [4.69, 9.17) is 4.98 Å². The quantitative estimate of drug-likeness (QED) is 0.0609. The van der Waals surface area contributed by atoms with Crippen LogP contribution in [-0.2, 0) is 31.3 Å². The molecular formula is C50H62IrNO2SSi2-. The van der Waals surface area contributed by atoms with Gasteiger partial charge in [0, 0.05) is 64.7 Å². The summed E-state index contributed by atoms with van der Waals surface area (Å²) in [5.41, 5.74) is 6.22. The van der Waals surface area contributed by atoms with E-state index in [-0.39, 0.29) is 43.5 Å². The molecular weight excluding hydrogens is 927 g/mol. The van der Waals surface area contributed by atoms with Gasteiger partial charge in [-0.05, 0) is 60.6 Å². The van der Waals surface area contributed by atoms with Crippen molar-refractivity contribution < 1.29 is 30.0 Å². The zero-order chi connectivity index (χ0) is 40.4. The fourth-order valence-electron chi connectivity index (χ4n) is 8.71. The summed E-state index contributed by atoms with van der Waals surface area (Å²) in [6, 6.07) is 34.2. The molecule has 0 bridgehead atoms. The second-order valence-corrected chi connectivity index (χ2v) is 28.3. The number of fused-ring (bicyclic) bond motifs is 5. The molecule has 0 saturated heterocycles. The Bertz CT molecular complexity index is 2390. The molecule has 0 spiro atoms. The first-order valence-electron chi connectivity index (χ1n) is 21.1. The maximum Gasteiger partial charge on any atom is 0.162 e. The fraction of sp³-hybridized carbons (Fsp3) is 0.400. The first-order valence-corrected chi connectivity index (χ1v) is 28.3. The number of nitrogens with zero attached hydrogens (tertiary/aromatic N) is 1. The van der Waals surface area contributed by atoms with Gasteiger partial charge in [-0.3, -0.25) is 9.78 Å². The maximum absolute atomic E-state index is 11.7. The second-order valence-electron chi connectivity index (χ2n) is 17.7. The Balaban J connectivity index is 0.000000333. The molecule has 0 atom stereocenters. The number of hydrogen-bond acceptors (Lipinski definition) is 4. The molecule has 0 aliphatic carbocycles. The number of allylic oxidation sites excluding steroid dienone is 2. The number of aliphatic hydroxyl groups excluding tert-OH is 1. The second kappa shape index (κ2) is 18.8. The Morgan fingerprint density at radius 3 is 2.09 bits per heavy atom. The number of rotatable bonds is 11. The van der Waals surface area contributed by atoms with Crippen molar-refractivity contribution in [3.05, 3.63) is 102 Å². The number of thiophene rings is 1. The summed E-state index contributed by atoms with van der Waals surface area (Å²) in [6.45, 7) is 22.9. The van der Waals surface area contributed by atoms with E-state index in [1.165, 1.54) is 60.4 Å². The molecule has 0 fully saturated rings. The molecule has 0 saturated carbocycles. The summed E-state index contributed by atoms with van der Waals surface area (Å²) in [4.78, 5) is 16.7. The Morgan fingerprint density at radius 2 is 1.42 bits per heavy atom. The van der Waals surface area contributed by atoms with Crippen molar-refractivity contribution in [3.63, 3.8) is 0 Å². The standard InChI is InChI=1S/C37H38NSSi2.C13H24O2.Ir/c1-24(2)20-27-11-9-13-30-31-16-17-38-35(37(31)39-36(27)30)28-21-25-10-7-8-12-29(25)32(22-28)26-14-15-33-34(23-26)41(5,6)19-18-40(33,3)4;1-5-10(6-2)12(14)9-13(15)11(7-3)8-4;/h7-17,22-24H,18-20H2,1-6H3;9-11,14H,5-8H2,1-4H3;/q-1;;/b;12-9-;. The van der Waals surface area contributed by atoms with Gasteiger partial charge < -0.3 is 5.11 Å². The van der Waals surface area contributed by atoms with E-state index in [1.807, 2.05) is 45.2 Å². The van der Waals surface area contributed by atoms with Crippen molar-refractivity contribution in [2.24, 2.45) is 17.8 Å². The summed E-state index contributed by atoms with van der Waals surface area (Å²) in [7, 11) is -2.85. The number of aliphatic hydroxyl groups is 1. The van der Waals surface area contributed by atoms with Crippen molar-refractivity contribution in [1.29, 1.82) is 0 Å². The van der Waals surface area contributed by atoms with E-state index >= 15 is 0 Å². The molecule has 1 aliphatic heterocycles. The normalized spacial score (nSPS) is 14.9. The topological polar surface area (TPSA) is 50.2 Å². The average Bonchev–Trinajstić information content (AvgIpc) is 3.57. The predicted molar refractivity (Wildman–Crippen MR) is 251 cm³/mol. The van der Waals surface area contributed by atoms with Gasteiger partial charge >= 0.3 is 0 Å². The minimum absolute atomic E-state index is 0. The number of aromatic nitrogens is 1. The number of carbonyl (C=O) groups excluding carboxylic acids is 1. The van der Waals surface area contributed by atoms with Gasteiger partial charge in [0.1, 0.15) is 0 Å². The molecule has 4 aromatic carbocycles. The SMILES string of the molecule is CC(C)Cc1cccc2c1sc1c(-c3[c-]c4ccccc4c(-c4ccc5c(c4)[Si](C)(C)CC[Si]5(C)C)c3)nccc12.CCC(CC)C(=O)/C=C(\O)C(CC)CC.[Ir]. The molecule has 6 aromatic rings. The van der Waals surface area contributed by atoms with Gasteiger partial charge in [-0.1, -0.05) is 161 Å². The van der Waals surface area contributed by atoms with Crippen molar-refractivity contribution in [2.75, 3.05) is 0 Å². The van der Waals surface area contributed by atoms with Crippen LogP contribution in [0.1, 0.15) is 72.8 Å². The van der Waals surface area contributed by atoms with Crippen LogP contribution in [-0.4, -0.2) is 32.0 Å². The van der Waals surface area contributed by atoms with Crippen LogP contribution < -0.4 is 10.4 Å². The average molecular weight is 990 g/mol. The minimum Gasteiger partial charge on any atom is -0.512 e. The molecule has 0 unspecified atom stereocenters. The van der Waals surface area contributed by atoms with Gasteiger partial charge in [0.25, 0.3) is 0 Å². The summed E-state index contributed by atoms with van der Waals surface area (Å²) in [5.74, 6) is 1.17. The van der Waals surface area contributed by atoms with E-state index < -0.39 is 16.1 Å². The van der Waals surface area contributed by atoms with Crippen LogP contribution in [0.5, 0.6) is 0 Å². The summed E-state index contributed by atoms with van der Waals surface area (Å²) in [5, 5.41) is 18.2. The molecule has 3 heterocycles. The van der Waals surface area contributed by atoms with E-state index in [0.717, 1.165) is 48.7 Å². The first kappa shape index (κ1) is 44.9. The van der Waals surface area contributed by atoms with Crippen molar-refractivity contribution in [1.82, 2.24) is 4.98 Å². The van der Waals surface area contributed by atoms with Crippen LogP contribution in [0.4, 0.5) is 0 Å². The van der Waals surface area contributed by atoms with Gasteiger partial charge in [0.15, 0.2) is 5.78 Å². The summed E-state index contributed by atoms with van der Waals surface area (Å²) in [6.07, 6.45) is 7.99. The van der Waals surface area contributed by atoms with E-state index in [2.05, 4.69) is 119 Å². The molecule has 2 aromatic heterocycles. The van der Waals surface area contributed by atoms with Crippen LogP contribution in [0.15, 0.2) is 90.8 Å². The first-order chi connectivity index (χ1) is 26.7. The maximum atomic E-state index is 11.7. The Kier molecular flexibility index (Phi) is 14.8. The Morgan fingerprint density at radius 1 is 0.789 bits per heavy atom. The Hall–Kier alpha value is -3.20. The third-order valence-electron chi connectivity index (χ3n) is 12.4.